The van der Waals surface area contributed by atoms with Gasteiger partial charge in [0.05, 0.1) is 5.54 Å². The van der Waals surface area contributed by atoms with Crippen molar-refractivity contribution in [3.63, 3.8) is 0 Å². The van der Waals surface area contributed by atoms with Gasteiger partial charge in [0.15, 0.2) is 0 Å². The lowest BCUT2D eigenvalue weighted by Crippen LogP contribution is -2.50. The van der Waals surface area contributed by atoms with E-state index < -0.39 is 5.54 Å². The maximum absolute atomic E-state index is 11.0. The lowest BCUT2D eigenvalue weighted by atomic mass is 10.1. The predicted molar refractivity (Wildman–Crippen MR) is 58.8 cm³/mol. The SMILES string of the molecule is CC(C)(NCc1sccc1N)C(N)=O. The van der Waals surface area contributed by atoms with E-state index in [4.69, 9.17) is 11.5 Å². The molecule has 14 heavy (non-hydrogen) atoms. The molecule has 0 fully saturated rings. The molecule has 1 heterocycles. The third-order valence-corrected chi connectivity index (χ3v) is 3.02. The van der Waals surface area contributed by atoms with Crippen molar-refractivity contribution in [2.24, 2.45) is 5.73 Å². The molecule has 0 saturated carbocycles. The van der Waals surface area contributed by atoms with Gasteiger partial charge in [-0.1, -0.05) is 0 Å². The molecule has 0 saturated heterocycles. The highest BCUT2D eigenvalue weighted by Crippen LogP contribution is 2.19. The van der Waals surface area contributed by atoms with Gasteiger partial charge in [-0.25, -0.2) is 0 Å². The minimum Gasteiger partial charge on any atom is -0.398 e. The molecule has 5 N–H and O–H groups in total. The van der Waals surface area contributed by atoms with Crippen molar-refractivity contribution in [2.75, 3.05) is 5.73 Å². The number of anilines is 1. The number of amides is 1. The Labute approximate surface area is 87.3 Å². The summed E-state index contributed by atoms with van der Waals surface area (Å²) in [6.07, 6.45) is 0. The van der Waals surface area contributed by atoms with Crippen LogP contribution < -0.4 is 16.8 Å². The molecule has 0 aromatic carbocycles. The molecule has 0 unspecified atom stereocenters. The quantitative estimate of drug-likeness (QED) is 0.688. The monoisotopic (exact) mass is 213 g/mol. The number of thiophene rings is 1. The molecule has 0 bridgehead atoms. The van der Waals surface area contributed by atoms with E-state index in [1.165, 1.54) is 0 Å². The summed E-state index contributed by atoms with van der Waals surface area (Å²) in [4.78, 5) is 12.0. The van der Waals surface area contributed by atoms with Crippen molar-refractivity contribution in [3.05, 3.63) is 16.3 Å². The number of nitrogens with one attached hydrogen (secondary N) is 1. The van der Waals surface area contributed by atoms with Gasteiger partial charge in [-0.3, -0.25) is 10.1 Å². The Kier molecular flexibility index (Phi) is 3.13. The van der Waals surface area contributed by atoms with Crippen LogP contribution in [0.15, 0.2) is 11.4 Å². The molecule has 4 nitrogen and oxygen atoms in total. The highest BCUT2D eigenvalue weighted by Gasteiger charge is 2.23. The largest absolute Gasteiger partial charge is 0.398 e. The van der Waals surface area contributed by atoms with Gasteiger partial charge in [0.25, 0.3) is 0 Å². The first-order chi connectivity index (χ1) is 6.43. The fourth-order valence-electron chi connectivity index (χ4n) is 0.883. The molecular formula is C9H15N3OS. The van der Waals surface area contributed by atoms with Crippen molar-refractivity contribution in [1.29, 1.82) is 0 Å². The van der Waals surface area contributed by atoms with Crippen LogP contribution in [-0.4, -0.2) is 11.4 Å². The molecule has 0 aliphatic heterocycles. The Morgan fingerprint density at radius 1 is 1.64 bits per heavy atom. The second-order valence-corrected chi connectivity index (χ2v) is 4.64. The van der Waals surface area contributed by atoms with E-state index in [0.29, 0.717) is 6.54 Å². The van der Waals surface area contributed by atoms with Crippen molar-refractivity contribution in [1.82, 2.24) is 5.32 Å². The Bertz CT molecular complexity index is 333. The van der Waals surface area contributed by atoms with Crippen molar-refractivity contribution in [3.8, 4) is 0 Å². The Morgan fingerprint density at radius 3 is 2.71 bits per heavy atom. The van der Waals surface area contributed by atoms with Gasteiger partial charge >= 0.3 is 0 Å². The van der Waals surface area contributed by atoms with Crippen LogP contribution in [0.3, 0.4) is 0 Å². The molecule has 0 aliphatic rings. The summed E-state index contributed by atoms with van der Waals surface area (Å²) in [5.41, 5.74) is 11.0. The minimum absolute atomic E-state index is 0.368. The van der Waals surface area contributed by atoms with Crippen LogP contribution in [0.4, 0.5) is 5.69 Å². The second kappa shape index (κ2) is 3.98. The summed E-state index contributed by atoms with van der Waals surface area (Å²) in [6.45, 7) is 4.07. The van der Waals surface area contributed by atoms with Crippen LogP contribution in [0.25, 0.3) is 0 Å². The van der Waals surface area contributed by atoms with E-state index in [1.54, 1.807) is 25.2 Å². The molecule has 78 valence electrons. The smallest absolute Gasteiger partial charge is 0.237 e. The van der Waals surface area contributed by atoms with Gasteiger partial charge in [-0.2, -0.15) is 0 Å². The zero-order chi connectivity index (χ0) is 10.8. The van der Waals surface area contributed by atoms with Crippen molar-refractivity contribution in [2.45, 2.75) is 25.9 Å². The highest BCUT2D eigenvalue weighted by molar-refractivity contribution is 7.10. The first kappa shape index (κ1) is 11.0. The zero-order valence-corrected chi connectivity index (χ0v) is 9.15. The maximum atomic E-state index is 11.0. The number of carbonyl (C=O) groups is 1. The number of nitrogen functional groups attached to an aromatic ring is 1. The van der Waals surface area contributed by atoms with E-state index in [-0.39, 0.29) is 5.91 Å². The Balaban J connectivity index is 2.57. The van der Waals surface area contributed by atoms with Crippen molar-refractivity contribution < 1.29 is 4.79 Å². The summed E-state index contributed by atoms with van der Waals surface area (Å²) >= 11 is 1.56. The van der Waals surface area contributed by atoms with Gasteiger partial charge in [0.1, 0.15) is 0 Å². The summed E-state index contributed by atoms with van der Waals surface area (Å²) in [5, 5.41) is 4.98. The van der Waals surface area contributed by atoms with Gasteiger partial charge in [0.2, 0.25) is 5.91 Å². The number of rotatable bonds is 4. The Hall–Kier alpha value is -1.07. The third kappa shape index (κ3) is 2.46. The van der Waals surface area contributed by atoms with Crippen LogP contribution >= 0.6 is 11.3 Å². The lowest BCUT2D eigenvalue weighted by Gasteiger charge is -2.21. The molecule has 0 spiro atoms. The third-order valence-electron chi connectivity index (χ3n) is 2.09. The standard InChI is InChI=1S/C9H15N3OS/c1-9(2,8(11)13)12-5-7-6(10)3-4-14-7/h3-4,12H,5,10H2,1-2H3,(H2,11,13). The van der Waals surface area contributed by atoms with Crippen molar-refractivity contribution >= 4 is 22.9 Å². The van der Waals surface area contributed by atoms with Gasteiger partial charge in [-0.15, -0.1) is 11.3 Å². The number of hydrogen-bond acceptors (Lipinski definition) is 4. The van der Waals surface area contributed by atoms with E-state index in [1.807, 2.05) is 11.4 Å². The fraction of sp³-hybridized carbons (Fsp3) is 0.444. The average Bonchev–Trinajstić information content (AvgIpc) is 2.47. The van der Waals surface area contributed by atoms with Crippen LogP contribution in [0, 0.1) is 0 Å². The molecule has 5 heteroatoms. The van der Waals surface area contributed by atoms with Crippen LogP contribution in [-0.2, 0) is 11.3 Å². The van der Waals surface area contributed by atoms with Crippen LogP contribution in [0.2, 0.25) is 0 Å². The molecule has 0 aliphatic carbocycles. The minimum atomic E-state index is -0.698. The van der Waals surface area contributed by atoms with Crippen LogP contribution in [0.1, 0.15) is 18.7 Å². The molecule has 1 aromatic heterocycles. The second-order valence-electron chi connectivity index (χ2n) is 3.64. The van der Waals surface area contributed by atoms with Gasteiger partial charge in [0, 0.05) is 17.1 Å². The summed E-state index contributed by atoms with van der Waals surface area (Å²) in [7, 11) is 0. The molecule has 1 rings (SSSR count). The summed E-state index contributed by atoms with van der Waals surface area (Å²) in [6, 6.07) is 1.85. The normalized spacial score (nSPS) is 11.6. The summed E-state index contributed by atoms with van der Waals surface area (Å²) < 4.78 is 0. The maximum Gasteiger partial charge on any atom is 0.237 e. The van der Waals surface area contributed by atoms with E-state index in [2.05, 4.69) is 5.32 Å². The summed E-state index contributed by atoms with van der Waals surface area (Å²) in [5.74, 6) is -0.368. The number of primary amides is 1. The molecule has 1 amide bonds. The zero-order valence-electron chi connectivity index (χ0n) is 8.33. The van der Waals surface area contributed by atoms with E-state index in [0.717, 1.165) is 10.6 Å². The first-order valence-corrected chi connectivity index (χ1v) is 5.18. The molecule has 0 atom stereocenters. The van der Waals surface area contributed by atoms with Crippen LogP contribution in [0.5, 0.6) is 0 Å². The number of hydrogen-bond donors (Lipinski definition) is 3. The molecule has 0 radical (unpaired) electrons. The fourth-order valence-corrected chi connectivity index (χ4v) is 1.62. The predicted octanol–water partition coefficient (Wildman–Crippen LogP) is 0.684. The topological polar surface area (TPSA) is 81.1 Å². The lowest BCUT2D eigenvalue weighted by molar-refractivity contribution is -0.123. The molecular weight excluding hydrogens is 198 g/mol. The average molecular weight is 213 g/mol. The highest BCUT2D eigenvalue weighted by atomic mass is 32.1. The van der Waals surface area contributed by atoms with Gasteiger partial charge in [-0.05, 0) is 25.3 Å². The Morgan fingerprint density at radius 2 is 2.29 bits per heavy atom. The first-order valence-electron chi connectivity index (χ1n) is 4.30. The number of carbonyl (C=O) groups excluding carboxylic acids is 1. The van der Waals surface area contributed by atoms with Gasteiger partial charge < -0.3 is 11.5 Å². The molecule has 1 aromatic rings. The van der Waals surface area contributed by atoms with E-state index >= 15 is 0 Å². The van der Waals surface area contributed by atoms with E-state index in [9.17, 15) is 4.79 Å². The number of nitrogens with two attached hydrogens (primary N) is 2.